The van der Waals surface area contributed by atoms with Crippen LogP contribution in [0, 0.1) is 0 Å². The van der Waals surface area contributed by atoms with Gasteiger partial charge in [0.05, 0.1) is 0 Å². The second-order valence-electron chi connectivity index (χ2n) is 2.82. The van der Waals surface area contributed by atoms with Crippen molar-refractivity contribution in [3.8, 4) is 0 Å². The number of carbonyl (C=O) groups is 1. The number of nitrogens with two attached hydrogens (primary N) is 1. The molecule has 0 radical (unpaired) electrons. The highest BCUT2D eigenvalue weighted by atomic mass is 16.5. The molecule has 0 saturated carbocycles. The lowest BCUT2D eigenvalue weighted by atomic mass is 10.3. The van der Waals surface area contributed by atoms with E-state index in [2.05, 4.69) is 9.64 Å². The van der Waals surface area contributed by atoms with Gasteiger partial charge in [0.25, 0.3) is 6.47 Å². The van der Waals surface area contributed by atoms with Crippen LogP contribution >= 0.6 is 0 Å². The molecule has 1 atom stereocenters. The van der Waals surface area contributed by atoms with Crippen molar-refractivity contribution in [3.63, 3.8) is 0 Å². The molecule has 0 amide bonds. The first-order valence-electron chi connectivity index (χ1n) is 3.86. The minimum Gasteiger partial charge on any atom is -0.467 e. The molecule has 0 aromatic rings. The van der Waals surface area contributed by atoms with Crippen LogP contribution in [0.15, 0.2) is 0 Å². The predicted molar refractivity (Wildman–Crippen MR) is 41.0 cm³/mol. The number of rotatable bonds is 4. The molecule has 2 N–H and O–H groups in total. The highest BCUT2D eigenvalue weighted by Gasteiger charge is 2.17. The lowest BCUT2D eigenvalue weighted by molar-refractivity contribution is -0.129. The van der Waals surface area contributed by atoms with Crippen LogP contribution in [-0.4, -0.2) is 43.7 Å². The molecule has 4 nitrogen and oxygen atoms in total. The Bertz CT molecular complexity index is 130. The van der Waals surface area contributed by atoms with Crippen molar-refractivity contribution in [2.75, 3.05) is 26.2 Å². The van der Waals surface area contributed by atoms with Crippen LogP contribution in [0.25, 0.3) is 0 Å². The SMILES string of the molecule is NC1CCN(CCOC=O)C1. The van der Waals surface area contributed by atoms with Gasteiger partial charge in [-0.05, 0) is 13.0 Å². The second-order valence-corrected chi connectivity index (χ2v) is 2.82. The third-order valence-corrected chi connectivity index (χ3v) is 1.90. The summed E-state index contributed by atoms with van der Waals surface area (Å²) in [6, 6.07) is 0.311. The highest BCUT2D eigenvalue weighted by molar-refractivity contribution is 5.36. The summed E-state index contributed by atoms with van der Waals surface area (Å²) in [4.78, 5) is 12.0. The van der Waals surface area contributed by atoms with E-state index in [-0.39, 0.29) is 0 Å². The third-order valence-electron chi connectivity index (χ3n) is 1.90. The summed E-state index contributed by atoms with van der Waals surface area (Å²) in [5, 5.41) is 0. The van der Waals surface area contributed by atoms with E-state index in [4.69, 9.17) is 5.73 Å². The number of ether oxygens (including phenoxy) is 1. The van der Waals surface area contributed by atoms with Gasteiger partial charge >= 0.3 is 0 Å². The summed E-state index contributed by atoms with van der Waals surface area (Å²) >= 11 is 0. The standard InChI is InChI=1S/C7H14N2O2/c8-7-1-2-9(5-7)3-4-11-6-10/h6-7H,1-5,8H2. The first-order chi connectivity index (χ1) is 5.33. The van der Waals surface area contributed by atoms with E-state index in [9.17, 15) is 4.79 Å². The summed E-state index contributed by atoms with van der Waals surface area (Å²) in [5.41, 5.74) is 5.68. The molecule has 0 bridgehead atoms. The first-order valence-corrected chi connectivity index (χ1v) is 3.86. The van der Waals surface area contributed by atoms with E-state index in [1.165, 1.54) is 0 Å². The molecular formula is C7H14N2O2. The van der Waals surface area contributed by atoms with Gasteiger partial charge in [-0.1, -0.05) is 0 Å². The maximum atomic E-state index is 9.78. The highest BCUT2D eigenvalue weighted by Crippen LogP contribution is 2.05. The van der Waals surface area contributed by atoms with Crippen molar-refractivity contribution in [1.82, 2.24) is 4.90 Å². The molecule has 1 unspecified atom stereocenters. The Hall–Kier alpha value is -0.610. The van der Waals surface area contributed by atoms with Crippen molar-refractivity contribution in [1.29, 1.82) is 0 Å². The van der Waals surface area contributed by atoms with Crippen LogP contribution in [-0.2, 0) is 9.53 Å². The first kappa shape index (κ1) is 8.49. The van der Waals surface area contributed by atoms with Crippen LogP contribution in [0.1, 0.15) is 6.42 Å². The quantitative estimate of drug-likeness (QED) is 0.429. The molecule has 0 aliphatic carbocycles. The topological polar surface area (TPSA) is 55.6 Å². The average molecular weight is 158 g/mol. The van der Waals surface area contributed by atoms with Crippen LogP contribution in [0.4, 0.5) is 0 Å². The molecule has 1 aliphatic heterocycles. The van der Waals surface area contributed by atoms with E-state index >= 15 is 0 Å². The molecule has 1 fully saturated rings. The number of hydrogen-bond donors (Lipinski definition) is 1. The Morgan fingerprint density at radius 2 is 2.55 bits per heavy atom. The Balaban J connectivity index is 2.03. The fraction of sp³-hybridized carbons (Fsp3) is 0.857. The molecule has 0 spiro atoms. The zero-order chi connectivity index (χ0) is 8.10. The van der Waals surface area contributed by atoms with Crippen LogP contribution in [0.2, 0.25) is 0 Å². The van der Waals surface area contributed by atoms with Crippen LogP contribution in [0.3, 0.4) is 0 Å². The van der Waals surface area contributed by atoms with Crippen molar-refractivity contribution in [2.24, 2.45) is 5.73 Å². The van der Waals surface area contributed by atoms with Gasteiger partial charge in [0.1, 0.15) is 6.61 Å². The van der Waals surface area contributed by atoms with Crippen molar-refractivity contribution < 1.29 is 9.53 Å². The molecule has 1 heterocycles. The van der Waals surface area contributed by atoms with E-state index in [1.54, 1.807) is 0 Å². The number of carbonyl (C=O) groups excluding carboxylic acids is 1. The minimum atomic E-state index is 0.311. The number of hydrogen-bond acceptors (Lipinski definition) is 4. The molecule has 1 rings (SSSR count). The number of nitrogens with zero attached hydrogens (tertiary/aromatic N) is 1. The molecule has 1 saturated heterocycles. The van der Waals surface area contributed by atoms with Gasteiger partial charge in [0, 0.05) is 19.1 Å². The molecule has 4 heteroatoms. The van der Waals surface area contributed by atoms with Crippen molar-refractivity contribution >= 4 is 6.47 Å². The Morgan fingerprint density at radius 1 is 1.73 bits per heavy atom. The monoisotopic (exact) mass is 158 g/mol. The van der Waals surface area contributed by atoms with Crippen LogP contribution in [0.5, 0.6) is 0 Å². The second kappa shape index (κ2) is 4.31. The van der Waals surface area contributed by atoms with E-state index in [0.29, 0.717) is 19.1 Å². The molecule has 0 aromatic carbocycles. The summed E-state index contributed by atoms with van der Waals surface area (Å²) in [6.45, 7) is 3.74. The molecular weight excluding hydrogens is 144 g/mol. The Morgan fingerprint density at radius 3 is 3.09 bits per heavy atom. The maximum Gasteiger partial charge on any atom is 0.293 e. The largest absolute Gasteiger partial charge is 0.467 e. The maximum absolute atomic E-state index is 9.78. The third kappa shape index (κ3) is 2.86. The minimum absolute atomic E-state index is 0.311. The normalized spacial score (nSPS) is 25.4. The zero-order valence-electron chi connectivity index (χ0n) is 6.53. The molecule has 1 aliphatic rings. The van der Waals surface area contributed by atoms with Gasteiger partial charge in [-0.15, -0.1) is 0 Å². The Kier molecular flexibility index (Phi) is 3.32. The Labute approximate surface area is 66.3 Å². The zero-order valence-corrected chi connectivity index (χ0v) is 6.53. The van der Waals surface area contributed by atoms with Gasteiger partial charge in [0.2, 0.25) is 0 Å². The molecule has 64 valence electrons. The van der Waals surface area contributed by atoms with E-state index < -0.39 is 0 Å². The fourth-order valence-corrected chi connectivity index (χ4v) is 1.30. The molecule has 11 heavy (non-hydrogen) atoms. The van der Waals surface area contributed by atoms with E-state index in [0.717, 1.165) is 26.1 Å². The predicted octanol–water partition coefficient (Wildman–Crippen LogP) is -0.808. The van der Waals surface area contributed by atoms with Gasteiger partial charge in [-0.2, -0.15) is 0 Å². The smallest absolute Gasteiger partial charge is 0.293 e. The average Bonchev–Trinajstić information content (AvgIpc) is 2.37. The lowest BCUT2D eigenvalue weighted by Crippen LogP contribution is -2.29. The van der Waals surface area contributed by atoms with Gasteiger partial charge in [0.15, 0.2) is 0 Å². The van der Waals surface area contributed by atoms with Crippen LogP contribution < -0.4 is 5.73 Å². The number of likely N-dealkylation sites (tertiary alicyclic amines) is 1. The fourth-order valence-electron chi connectivity index (χ4n) is 1.30. The summed E-state index contributed by atoms with van der Waals surface area (Å²) in [7, 11) is 0. The van der Waals surface area contributed by atoms with Gasteiger partial charge < -0.3 is 10.5 Å². The van der Waals surface area contributed by atoms with Crippen molar-refractivity contribution in [2.45, 2.75) is 12.5 Å². The van der Waals surface area contributed by atoms with Crippen molar-refractivity contribution in [3.05, 3.63) is 0 Å². The summed E-state index contributed by atoms with van der Waals surface area (Å²) in [6.07, 6.45) is 1.06. The summed E-state index contributed by atoms with van der Waals surface area (Å²) in [5.74, 6) is 0. The lowest BCUT2D eigenvalue weighted by Gasteiger charge is -2.13. The molecule has 0 aromatic heterocycles. The van der Waals surface area contributed by atoms with E-state index in [1.807, 2.05) is 0 Å². The van der Waals surface area contributed by atoms with Gasteiger partial charge in [-0.25, -0.2) is 0 Å². The van der Waals surface area contributed by atoms with Gasteiger partial charge in [-0.3, -0.25) is 9.69 Å². The summed E-state index contributed by atoms with van der Waals surface area (Å²) < 4.78 is 4.57.